The molecular formula is C15H32O5Si. The lowest BCUT2D eigenvalue weighted by atomic mass is 10.1. The van der Waals surface area contributed by atoms with Crippen molar-refractivity contribution in [3.63, 3.8) is 0 Å². The Hall–Kier alpha value is -0.433. The largest absolute Gasteiger partial charge is 0.464 e. The number of carbonyl (C=O) groups is 1. The Bertz CT molecular complexity index is 325. The molecule has 6 heteroatoms. The number of aliphatic hydroxyl groups excluding tert-OH is 2. The van der Waals surface area contributed by atoms with Gasteiger partial charge in [-0.15, -0.1) is 0 Å². The van der Waals surface area contributed by atoms with Crippen LogP contribution in [0.25, 0.3) is 0 Å². The summed E-state index contributed by atoms with van der Waals surface area (Å²) >= 11 is 0. The second kappa shape index (κ2) is 8.27. The average molecular weight is 321 g/mol. The van der Waals surface area contributed by atoms with Crippen molar-refractivity contribution < 1.29 is 24.2 Å². The Balaban J connectivity index is 4.31. The Labute approximate surface area is 129 Å². The molecule has 0 aliphatic heterocycles. The second-order valence-electron chi connectivity index (χ2n) is 7.03. The quantitative estimate of drug-likeness (QED) is 0.531. The molecule has 0 aromatic rings. The molecule has 21 heavy (non-hydrogen) atoms. The van der Waals surface area contributed by atoms with Crippen molar-refractivity contribution in [2.75, 3.05) is 6.61 Å². The van der Waals surface area contributed by atoms with Crippen LogP contribution in [0.1, 0.15) is 47.5 Å². The molecule has 0 radical (unpaired) electrons. The maximum atomic E-state index is 11.3. The average Bonchev–Trinajstić information content (AvgIpc) is 2.33. The van der Waals surface area contributed by atoms with E-state index in [0.717, 1.165) is 0 Å². The van der Waals surface area contributed by atoms with Gasteiger partial charge in [-0.05, 0) is 44.8 Å². The van der Waals surface area contributed by atoms with Crippen molar-refractivity contribution >= 4 is 14.3 Å². The number of rotatable bonds is 8. The molecule has 3 atom stereocenters. The van der Waals surface area contributed by atoms with Gasteiger partial charge in [0.05, 0.1) is 12.7 Å². The van der Waals surface area contributed by atoms with Gasteiger partial charge in [-0.1, -0.05) is 20.8 Å². The van der Waals surface area contributed by atoms with Crippen LogP contribution in [0.3, 0.4) is 0 Å². The number of hydrogen-bond acceptors (Lipinski definition) is 5. The van der Waals surface area contributed by atoms with Gasteiger partial charge in [-0.2, -0.15) is 0 Å². The number of aliphatic hydroxyl groups is 2. The number of ether oxygens (including phenoxy) is 1. The topological polar surface area (TPSA) is 76.0 Å². The summed E-state index contributed by atoms with van der Waals surface area (Å²) in [5, 5.41) is 19.6. The molecule has 2 N–H and O–H groups in total. The van der Waals surface area contributed by atoms with E-state index >= 15 is 0 Å². The van der Waals surface area contributed by atoms with E-state index in [1.54, 1.807) is 6.92 Å². The highest BCUT2D eigenvalue weighted by Crippen LogP contribution is 2.37. The summed E-state index contributed by atoms with van der Waals surface area (Å²) in [4.78, 5) is 11.3. The van der Waals surface area contributed by atoms with E-state index in [0.29, 0.717) is 12.8 Å². The van der Waals surface area contributed by atoms with Gasteiger partial charge in [0.15, 0.2) is 14.4 Å². The van der Waals surface area contributed by atoms with Gasteiger partial charge in [0, 0.05) is 6.10 Å². The van der Waals surface area contributed by atoms with E-state index < -0.39 is 26.5 Å². The maximum absolute atomic E-state index is 11.3. The highest BCUT2D eigenvalue weighted by Gasteiger charge is 2.38. The highest BCUT2D eigenvalue weighted by atomic mass is 28.4. The van der Waals surface area contributed by atoms with Gasteiger partial charge < -0.3 is 19.4 Å². The summed E-state index contributed by atoms with van der Waals surface area (Å²) in [6.45, 7) is 14.7. The lowest BCUT2D eigenvalue weighted by molar-refractivity contribution is -0.159. The first-order chi connectivity index (χ1) is 9.42. The summed E-state index contributed by atoms with van der Waals surface area (Å²) in [5.41, 5.74) is 0. The first-order valence-corrected chi connectivity index (χ1v) is 10.5. The van der Waals surface area contributed by atoms with Crippen molar-refractivity contribution in [2.24, 2.45) is 0 Å². The maximum Gasteiger partial charge on any atom is 0.337 e. The van der Waals surface area contributed by atoms with Gasteiger partial charge in [-0.3, -0.25) is 0 Å². The Morgan fingerprint density at radius 2 is 1.71 bits per heavy atom. The summed E-state index contributed by atoms with van der Waals surface area (Å²) in [6.07, 6.45) is -1.73. The van der Waals surface area contributed by atoms with Crippen LogP contribution in [0.15, 0.2) is 0 Å². The number of carbonyl (C=O) groups excluding carboxylic acids is 1. The SMILES string of the molecule is CCOC(=O)[C@H](O)[C@@H](O)CC[C@H](C)O[Si](C)(C)C(C)(C)C. The Morgan fingerprint density at radius 3 is 2.14 bits per heavy atom. The predicted molar refractivity (Wildman–Crippen MR) is 85.6 cm³/mol. The Morgan fingerprint density at radius 1 is 1.19 bits per heavy atom. The van der Waals surface area contributed by atoms with E-state index in [9.17, 15) is 15.0 Å². The first-order valence-electron chi connectivity index (χ1n) is 7.63. The smallest absolute Gasteiger partial charge is 0.337 e. The molecule has 0 spiro atoms. The zero-order chi connectivity index (χ0) is 16.8. The first kappa shape index (κ1) is 20.6. The van der Waals surface area contributed by atoms with Gasteiger partial charge in [-0.25, -0.2) is 4.79 Å². The van der Waals surface area contributed by atoms with Gasteiger partial charge in [0.25, 0.3) is 0 Å². The second-order valence-corrected chi connectivity index (χ2v) is 11.8. The molecule has 0 aromatic carbocycles. The number of esters is 1. The molecule has 126 valence electrons. The zero-order valence-corrected chi connectivity index (χ0v) is 15.5. The van der Waals surface area contributed by atoms with Crippen LogP contribution < -0.4 is 0 Å². The van der Waals surface area contributed by atoms with Crippen LogP contribution in [-0.4, -0.2) is 49.4 Å². The molecule has 0 rings (SSSR count). The van der Waals surface area contributed by atoms with Crippen molar-refractivity contribution in [1.29, 1.82) is 0 Å². The highest BCUT2D eigenvalue weighted by molar-refractivity contribution is 6.74. The standard InChI is InChI=1S/C15H32O5Si/c1-8-19-14(18)13(17)12(16)10-9-11(2)20-21(6,7)15(3,4)5/h11-13,16-17H,8-10H2,1-7H3/t11-,12-,13+/m0/s1. The molecule has 0 bridgehead atoms. The molecule has 0 heterocycles. The van der Waals surface area contributed by atoms with Crippen LogP contribution >= 0.6 is 0 Å². The summed E-state index contributed by atoms with van der Waals surface area (Å²) in [6, 6.07) is 0. The fourth-order valence-electron chi connectivity index (χ4n) is 1.69. The molecule has 5 nitrogen and oxygen atoms in total. The monoisotopic (exact) mass is 320 g/mol. The molecule has 0 aliphatic carbocycles. The predicted octanol–water partition coefficient (Wildman–Crippen LogP) is 2.46. The molecule has 0 saturated carbocycles. The van der Waals surface area contributed by atoms with Crippen molar-refractivity contribution in [3.05, 3.63) is 0 Å². The van der Waals surface area contributed by atoms with Gasteiger partial charge in [0.1, 0.15) is 0 Å². The van der Waals surface area contributed by atoms with E-state index in [1.165, 1.54) is 0 Å². The normalized spacial score (nSPS) is 17.2. The van der Waals surface area contributed by atoms with Crippen LogP contribution in [0.4, 0.5) is 0 Å². The molecule has 0 saturated heterocycles. The molecule has 0 amide bonds. The van der Waals surface area contributed by atoms with Crippen LogP contribution in [0.5, 0.6) is 0 Å². The molecule has 0 aliphatic rings. The van der Waals surface area contributed by atoms with Crippen LogP contribution in [0.2, 0.25) is 18.1 Å². The van der Waals surface area contributed by atoms with Crippen LogP contribution in [-0.2, 0) is 14.0 Å². The Kier molecular flexibility index (Phi) is 8.10. The molecular weight excluding hydrogens is 288 g/mol. The van der Waals surface area contributed by atoms with E-state index in [4.69, 9.17) is 4.43 Å². The third kappa shape index (κ3) is 6.91. The van der Waals surface area contributed by atoms with Gasteiger partial charge in [0.2, 0.25) is 0 Å². The zero-order valence-electron chi connectivity index (χ0n) is 14.5. The van der Waals surface area contributed by atoms with Crippen LogP contribution in [0, 0.1) is 0 Å². The van der Waals surface area contributed by atoms with Crippen molar-refractivity contribution in [2.45, 2.75) is 83.9 Å². The minimum absolute atomic E-state index is 0.0186. The fraction of sp³-hybridized carbons (Fsp3) is 0.933. The third-order valence-corrected chi connectivity index (χ3v) is 8.67. The minimum atomic E-state index is -1.84. The minimum Gasteiger partial charge on any atom is -0.464 e. The van der Waals surface area contributed by atoms with Crippen molar-refractivity contribution in [1.82, 2.24) is 0 Å². The summed E-state index contributed by atoms with van der Waals surface area (Å²) in [7, 11) is -1.84. The third-order valence-electron chi connectivity index (χ3n) is 4.06. The molecule has 0 fully saturated rings. The van der Waals surface area contributed by atoms with E-state index in [1.807, 2.05) is 6.92 Å². The van der Waals surface area contributed by atoms with E-state index in [2.05, 4.69) is 38.6 Å². The van der Waals surface area contributed by atoms with E-state index in [-0.39, 0.29) is 17.7 Å². The summed E-state index contributed by atoms with van der Waals surface area (Å²) in [5.74, 6) is -0.775. The number of hydrogen-bond donors (Lipinski definition) is 2. The molecule has 0 aromatic heterocycles. The summed E-state index contributed by atoms with van der Waals surface area (Å²) < 4.78 is 10.9. The fourth-order valence-corrected chi connectivity index (χ4v) is 3.16. The lowest BCUT2D eigenvalue weighted by Crippen LogP contribution is -2.43. The van der Waals surface area contributed by atoms with Gasteiger partial charge >= 0.3 is 5.97 Å². The lowest BCUT2D eigenvalue weighted by Gasteiger charge is -2.38. The van der Waals surface area contributed by atoms with Crippen molar-refractivity contribution in [3.8, 4) is 0 Å². The molecule has 0 unspecified atom stereocenters.